The summed E-state index contributed by atoms with van der Waals surface area (Å²) >= 11 is 0. The number of Topliss-reactive ketones (excluding diaryl/α,β-unsaturated/α-hetero) is 1. The summed E-state index contributed by atoms with van der Waals surface area (Å²) in [5, 5.41) is 11.6. The third-order valence-corrected chi connectivity index (χ3v) is 7.23. The van der Waals surface area contributed by atoms with Crippen LogP contribution in [0.5, 0.6) is 11.5 Å². The lowest BCUT2D eigenvalue weighted by molar-refractivity contribution is -0.132. The van der Waals surface area contributed by atoms with E-state index in [0.717, 1.165) is 36.8 Å². The predicted molar refractivity (Wildman–Crippen MR) is 148 cm³/mol. The Balaban J connectivity index is 1.68. The van der Waals surface area contributed by atoms with Gasteiger partial charge in [0.1, 0.15) is 5.76 Å². The molecule has 0 bridgehead atoms. The first-order valence-electron chi connectivity index (χ1n) is 13.3. The van der Waals surface area contributed by atoms with Gasteiger partial charge in [-0.15, -0.1) is 0 Å². The van der Waals surface area contributed by atoms with Crippen molar-refractivity contribution < 1.29 is 24.2 Å². The van der Waals surface area contributed by atoms with Crippen LogP contribution in [-0.4, -0.2) is 30.0 Å². The Morgan fingerprint density at radius 2 is 1.63 bits per heavy atom. The number of amides is 1. The second kappa shape index (κ2) is 10.7. The van der Waals surface area contributed by atoms with E-state index < -0.39 is 17.7 Å². The molecule has 1 amide bonds. The van der Waals surface area contributed by atoms with E-state index in [4.69, 9.17) is 9.47 Å². The molecule has 3 aromatic rings. The number of hydrogen-bond acceptors (Lipinski definition) is 5. The maximum Gasteiger partial charge on any atom is 0.300 e. The van der Waals surface area contributed by atoms with Gasteiger partial charge in [0.15, 0.2) is 11.5 Å². The highest BCUT2D eigenvalue weighted by molar-refractivity contribution is 6.51. The van der Waals surface area contributed by atoms with Gasteiger partial charge >= 0.3 is 0 Å². The Hall–Kier alpha value is -4.06. The number of benzene rings is 3. The number of carbonyl (C=O) groups is 2. The number of nitrogens with zero attached hydrogens (tertiary/aromatic N) is 1. The molecule has 1 N–H and O–H groups in total. The van der Waals surface area contributed by atoms with Crippen molar-refractivity contribution in [3.63, 3.8) is 0 Å². The number of ether oxygens (including phenoxy) is 2. The van der Waals surface area contributed by atoms with Crippen molar-refractivity contribution in [1.29, 1.82) is 0 Å². The summed E-state index contributed by atoms with van der Waals surface area (Å²) in [7, 11) is 0. The number of fused-ring (bicyclic) bond motifs is 1. The number of anilines is 1. The van der Waals surface area contributed by atoms with Crippen LogP contribution in [-0.2, 0) is 22.4 Å². The molecule has 2 aliphatic rings. The zero-order valence-corrected chi connectivity index (χ0v) is 22.1. The zero-order valence-electron chi connectivity index (χ0n) is 22.1. The van der Waals surface area contributed by atoms with Gasteiger partial charge in [0, 0.05) is 17.3 Å². The number of carbonyl (C=O) groups excluding carboxylic acids is 2. The van der Waals surface area contributed by atoms with Gasteiger partial charge in [0.2, 0.25) is 0 Å². The Morgan fingerprint density at radius 1 is 0.895 bits per heavy atom. The molecule has 6 heteroatoms. The van der Waals surface area contributed by atoms with E-state index in [-0.39, 0.29) is 11.3 Å². The van der Waals surface area contributed by atoms with Gasteiger partial charge in [-0.2, -0.15) is 0 Å². The van der Waals surface area contributed by atoms with E-state index in [9.17, 15) is 14.7 Å². The van der Waals surface area contributed by atoms with Gasteiger partial charge in [0.05, 0.1) is 24.8 Å². The molecule has 0 saturated carbocycles. The smallest absolute Gasteiger partial charge is 0.300 e. The molecule has 1 unspecified atom stereocenters. The summed E-state index contributed by atoms with van der Waals surface area (Å²) in [5.41, 5.74) is 5.34. The number of rotatable bonds is 7. The Morgan fingerprint density at radius 3 is 2.37 bits per heavy atom. The maximum absolute atomic E-state index is 13.6. The highest BCUT2D eigenvalue weighted by Gasteiger charge is 2.47. The SMILES string of the molecule is CCOc1ccc(N2C(=O)C(=O)/C(=C(\O)c3ccc4c(c3)CCCC4)C2c2cccc(C)c2)cc1OCC. The second-order valence-electron chi connectivity index (χ2n) is 9.77. The summed E-state index contributed by atoms with van der Waals surface area (Å²) in [6, 6.07) is 18.0. The maximum atomic E-state index is 13.6. The van der Waals surface area contributed by atoms with Crippen molar-refractivity contribution in [2.75, 3.05) is 18.1 Å². The monoisotopic (exact) mass is 511 g/mol. The lowest BCUT2D eigenvalue weighted by Crippen LogP contribution is -2.29. The summed E-state index contributed by atoms with van der Waals surface area (Å²) in [5.74, 6) is -0.495. The van der Waals surface area contributed by atoms with E-state index in [1.807, 2.05) is 63.2 Å². The third kappa shape index (κ3) is 4.67. The molecule has 1 saturated heterocycles. The van der Waals surface area contributed by atoms with Gasteiger partial charge in [-0.05, 0) is 81.3 Å². The quantitative estimate of drug-likeness (QED) is 0.229. The van der Waals surface area contributed by atoms with E-state index in [1.165, 1.54) is 16.0 Å². The average molecular weight is 512 g/mol. The first-order chi connectivity index (χ1) is 18.4. The van der Waals surface area contributed by atoms with Crippen LogP contribution in [0.4, 0.5) is 5.69 Å². The van der Waals surface area contributed by atoms with E-state index in [0.29, 0.717) is 36.0 Å². The molecule has 3 aromatic carbocycles. The van der Waals surface area contributed by atoms with Crippen LogP contribution in [0.25, 0.3) is 5.76 Å². The van der Waals surface area contributed by atoms with Crippen LogP contribution in [0, 0.1) is 6.92 Å². The minimum absolute atomic E-state index is 0.0863. The molecule has 1 aliphatic heterocycles. The summed E-state index contributed by atoms with van der Waals surface area (Å²) < 4.78 is 11.5. The fourth-order valence-electron chi connectivity index (χ4n) is 5.48. The largest absolute Gasteiger partial charge is 0.507 e. The summed E-state index contributed by atoms with van der Waals surface area (Å²) in [6.45, 7) is 6.61. The Bertz CT molecular complexity index is 1420. The van der Waals surface area contributed by atoms with E-state index >= 15 is 0 Å². The minimum atomic E-state index is -0.793. The molecule has 1 aliphatic carbocycles. The first kappa shape index (κ1) is 25.6. The molecule has 1 heterocycles. The molecular weight excluding hydrogens is 478 g/mol. The summed E-state index contributed by atoms with van der Waals surface area (Å²) in [4.78, 5) is 28.6. The second-order valence-corrected chi connectivity index (χ2v) is 9.77. The molecule has 1 atom stereocenters. The average Bonchev–Trinajstić information content (AvgIpc) is 3.19. The molecule has 1 fully saturated rings. The number of ketones is 1. The highest BCUT2D eigenvalue weighted by Crippen LogP contribution is 2.44. The molecule has 0 radical (unpaired) electrons. The standard InChI is InChI=1S/C32H33NO5/c1-4-37-26-16-15-25(19-27(26)38-5-2)33-29(23-12-8-9-20(3)17-23)28(31(35)32(33)36)30(34)24-14-13-21-10-6-7-11-22(21)18-24/h8-9,12-19,29,34H,4-7,10-11H2,1-3H3/b30-28-. The normalized spacial score (nSPS) is 18.4. The lowest BCUT2D eigenvalue weighted by atomic mass is 9.88. The predicted octanol–water partition coefficient (Wildman–Crippen LogP) is 6.30. The van der Waals surface area contributed by atoms with Gasteiger partial charge in [-0.3, -0.25) is 14.5 Å². The fourth-order valence-corrected chi connectivity index (χ4v) is 5.48. The minimum Gasteiger partial charge on any atom is -0.507 e. The highest BCUT2D eigenvalue weighted by atomic mass is 16.5. The number of aliphatic hydroxyl groups is 1. The molecule has 5 rings (SSSR count). The topological polar surface area (TPSA) is 76.1 Å². The van der Waals surface area contributed by atoms with Crippen LogP contribution in [0.15, 0.2) is 66.2 Å². The van der Waals surface area contributed by atoms with Crippen molar-refractivity contribution in [2.45, 2.75) is 52.5 Å². The third-order valence-electron chi connectivity index (χ3n) is 7.23. The Labute approximate surface area is 223 Å². The van der Waals surface area contributed by atoms with Crippen LogP contribution < -0.4 is 14.4 Å². The molecule has 0 spiro atoms. The number of hydrogen-bond donors (Lipinski definition) is 1. The van der Waals surface area contributed by atoms with Gasteiger partial charge in [-0.25, -0.2) is 0 Å². The van der Waals surface area contributed by atoms with Crippen molar-refractivity contribution in [3.05, 3.63) is 94.1 Å². The molecule has 38 heavy (non-hydrogen) atoms. The summed E-state index contributed by atoms with van der Waals surface area (Å²) in [6.07, 6.45) is 4.22. The van der Waals surface area contributed by atoms with Gasteiger partial charge < -0.3 is 14.6 Å². The van der Waals surface area contributed by atoms with E-state index in [2.05, 4.69) is 0 Å². The molecule has 0 aromatic heterocycles. The van der Waals surface area contributed by atoms with Gasteiger partial charge in [-0.1, -0.05) is 42.0 Å². The first-order valence-corrected chi connectivity index (χ1v) is 13.3. The Kier molecular flexibility index (Phi) is 7.23. The number of aliphatic hydroxyl groups excluding tert-OH is 1. The molecular formula is C32H33NO5. The van der Waals surface area contributed by atoms with Crippen LogP contribution >= 0.6 is 0 Å². The van der Waals surface area contributed by atoms with Gasteiger partial charge in [0.25, 0.3) is 11.7 Å². The zero-order chi connectivity index (χ0) is 26.8. The fraction of sp³-hybridized carbons (Fsp3) is 0.312. The molecule has 6 nitrogen and oxygen atoms in total. The van der Waals surface area contributed by atoms with E-state index in [1.54, 1.807) is 18.2 Å². The molecule has 196 valence electrons. The van der Waals surface area contributed by atoms with Crippen LogP contribution in [0.3, 0.4) is 0 Å². The number of aryl methyl sites for hydroxylation is 3. The van der Waals surface area contributed by atoms with Crippen LogP contribution in [0.2, 0.25) is 0 Å². The van der Waals surface area contributed by atoms with Crippen molar-refractivity contribution in [2.24, 2.45) is 0 Å². The van der Waals surface area contributed by atoms with Crippen molar-refractivity contribution >= 4 is 23.1 Å². The van der Waals surface area contributed by atoms with Crippen LogP contribution in [0.1, 0.15) is 60.5 Å². The van der Waals surface area contributed by atoms with Crippen molar-refractivity contribution in [3.8, 4) is 11.5 Å². The van der Waals surface area contributed by atoms with Crippen molar-refractivity contribution in [1.82, 2.24) is 0 Å². The lowest BCUT2D eigenvalue weighted by Gasteiger charge is -2.26.